The van der Waals surface area contributed by atoms with Crippen LogP contribution in [0.15, 0.2) is 60.7 Å². The summed E-state index contributed by atoms with van der Waals surface area (Å²) in [5, 5.41) is 17.3. The fraction of sp³-hybridized carbons (Fsp3) is 0. The molecule has 0 aliphatic heterocycles. The molecule has 2 nitrogen and oxygen atoms in total. The normalized spacial score (nSPS) is 7.06. The molecular weight excluding hydrogens is 427 g/mol. The molecular formula is C12H14Br2O2Zr. The van der Waals surface area contributed by atoms with Gasteiger partial charge >= 0.3 is 0 Å². The quantitative estimate of drug-likeness (QED) is 0.651. The van der Waals surface area contributed by atoms with Crippen LogP contribution in [0.5, 0.6) is 11.5 Å². The molecule has 92 valence electrons. The third kappa shape index (κ3) is 12.1. The Morgan fingerprint density at radius 2 is 0.765 bits per heavy atom. The maximum atomic E-state index is 8.63. The molecule has 2 aromatic carbocycles. The van der Waals surface area contributed by atoms with E-state index in [1.54, 1.807) is 48.5 Å². The van der Waals surface area contributed by atoms with Gasteiger partial charge in [-0.3, -0.25) is 0 Å². The van der Waals surface area contributed by atoms with Gasteiger partial charge in [0.1, 0.15) is 11.5 Å². The van der Waals surface area contributed by atoms with Crippen LogP contribution in [-0.2, 0) is 26.2 Å². The largest absolute Gasteiger partial charge is 0.508 e. The number of hydrogen-bond donors (Lipinski definition) is 2. The Hall–Kier alpha value is -0.117. The van der Waals surface area contributed by atoms with Crippen molar-refractivity contribution in [2.45, 2.75) is 0 Å². The summed E-state index contributed by atoms with van der Waals surface area (Å²) in [6.07, 6.45) is 0. The van der Waals surface area contributed by atoms with Crippen molar-refractivity contribution in [1.29, 1.82) is 0 Å². The molecule has 0 fully saturated rings. The minimum Gasteiger partial charge on any atom is -0.508 e. The maximum Gasteiger partial charge on any atom is 0.115 e. The van der Waals surface area contributed by atoms with Gasteiger partial charge in [-0.25, -0.2) is 0 Å². The van der Waals surface area contributed by atoms with Crippen LogP contribution >= 0.6 is 34.0 Å². The number of benzene rings is 2. The second kappa shape index (κ2) is 13.9. The third-order valence-corrected chi connectivity index (χ3v) is 1.51. The summed E-state index contributed by atoms with van der Waals surface area (Å²) in [7, 11) is 0. The number of rotatable bonds is 0. The average molecular weight is 441 g/mol. The third-order valence-electron chi connectivity index (χ3n) is 1.51. The fourth-order valence-electron chi connectivity index (χ4n) is 0.856. The Labute approximate surface area is 141 Å². The first-order valence-electron chi connectivity index (χ1n) is 4.27. The summed E-state index contributed by atoms with van der Waals surface area (Å²) in [5.74, 6) is 0.644. The summed E-state index contributed by atoms with van der Waals surface area (Å²) in [4.78, 5) is 0. The zero-order valence-electron chi connectivity index (χ0n) is 8.98. The van der Waals surface area contributed by atoms with Crippen LogP contribution in [0.2, 0.25) is 0 Å². The van der Waals surface area contributed by atoms with Gasteiger partial charge in [0, 0.05) is 26.2 Å². The smallest absolute Gasteiger partial charge is 0.115 e. The van der Waals surface area contributed by atoms with E-state index in [1.807, 2.05) is 12.1 Å². The standard InChI is InChI=1S/2C6H6O.2BrH.Zr/c2*7-6-4-2-1-3-5-6;;;/h2*1-5,7H;2*1H;. The molecule has 0 atom stereocenters. The Kier molecular flexibility index (Phi) is 18.1. The number of aromatic hydroxyl groups is 2. The van der Waals surface area contributed by atoms with Gasteiger partial charge < -0.3 is 10.2 Å². The number of phenols is 2. The molecule has 0 aromatic heterocycles. The Bertz CT molecular complexity index is 320. The SMILES string of the molecule is Br.Br.Oc1ccccc1.Oc1ccccc1.[Zr]. The first-order valence-corrected chi connectivity index (χ1v) is 4.27. The molecule has 0 saturated heterocycles. The second-order valence-corrected chi connectivity index (χ2v) is 2.67. The predicted molar refractivity (Wildman–Crippen MR) is 76.9 cm³/mol. The first-order chi connectivity index (χ1) is 6.79. The van der Waals surface area contributed by atoms with Gasteiger partial charge in [0.15, 0.2) is 0 Å². The van der Waals surface area contributed by atoms with E-state index in [0.717, 1.165) is 0 Å². The van der Waals surface area contributed by atoms with Crippen molar-refractivity contribution in [3.8, 4) is 11.5 Å². The Morgan fingerprint density at radius 1 is 0.529 bits per heavy atom. The topological polar surface area (TPSA) is 40.5 Å². The van der Waals surface area contributed by atoms with Crippen molar-refractivity contribution >= 4 is 34.0 Å². The average Bonchev–Trinajstić information content (AvgIpc) is 2.21. The molecule has 0 radical (unpaired) electrons. The maximum absolute atomic E-state index is 8.63. The Morgan fingerprint density at radius 3 is 0.882 bits per heavy atom. The monoisotopic (exact) mass is 438 g/mol. The van der Waals surface area contributed by atoms with Crippen LogP contribution in [0.25, 0.3) is 0 Å². The van der Waals surface area contributed by atoms with Crippen molar-refractivity contribution in [2.24, 2.45) is 0 Å². The van der Waals surface area contributed by atoms with Crippen LogP contribution in [0, 0.1) is 0 Å². The summed E-state index contributed by atoms with van der Waals surface area (Å²) in [6.45, 7) is 0. The molecule has 17 heavy (non-hydrogen) atoms. The summed E-state index contributed by atoms with van der Waals surface area (Å²) >= 11 is 0. The van der Waals surface area contributed by atoms with Gasteiger partial charge in [0.25, 0.3) is 0 Å². The molecule has 2 N–H and O–H groups in total. The molecule has 2 aromatic rings. The van der Waals surface area contributed by atoms with E-state index >= 15 is 0 Å². The molecule has 2 rings (SSSR count). The number of para-hydroxylation sites is 2. The molecule has 0 bridgehead atoms. The summed E-state index contributed by atoms with van der Waals surface area (Å²) < 4.78 is 0. The van der Waals surface area contributed by atoms with Gasteiger partial charge in [-0.2, -0.15) is 0 Å². The molecule has 0 spiro atoms. The van der Waals surface area contributed by atoms with Crippen LogP contribution in [0.4, 0.5) is 0 Å². The molecule has 5 heteroatoms. The minimum absolute atomic E-state index is 0. The van der Waals surface area contributed by atoms with Gasteiger partial charge in [-0.15, -0.1) is 34.0 Å². The minimum atomic E-state index is 0. The number of phenolic OH excluding ortho intramolecular Hbond substituents is 2. The molecule has 0 aliphatic carbocycles. The second-order valence-electron chi connectivity index (χ2n) is 2.67. The predicted octanol–water partition coefficient (Wildman–Crippen LogP) is 3.94. The van der Waals surface area contributed by atoms with Crippen molar-refractivity contribution in [1.82, 2.24) is 0 Å². The van der Waals surface area contributed by atoms with Crippen molar-refractivity contribution in [3.63, 3.8) is 0 Å². The molecule has 0 aliphatic rings. The zero-order valence-corrected chi connectivity index (χ0v) is 14.9. The summed E-state index contributed by atoms with van der Waals surface area (Å²) in [6, 6.07) is 17.4. The molecule has 0 heterocycles. The summed E-state index contributed by atoms with van der Waals surface area (Å²) in [5.41, 5.74) is 0. The van der Waals surface area contributed by atoms with Crippen LogP contribution in [0.3, 0.4) is 0 Å². The van der Waals surface area contributed by atoms with Gasteiger partial charge in [0.05, 0.1) is 0 Å². The number of halogens is 2. The van der Waals surface area contributed by atoms with Crippen molar-refractivity contribution in [2.75, 3.05) is 0 Å². The van der Waals surface area contributed by atoms with Gasteiger partial charge in [0.2, 0.25) is 0 Å². The van der Waals surface area contributed by atoms with Gasteiger partial charge in [-0.1, -0.05) is 36.4 Å². The van der Waals surface area contributed by atoms with E-state index in [2.05, 4.69) is 0 Å². The van der Waals surface area contributed by atoms with Gasteiger partial charge in [-0.05, 0) is 24.3 Å². The van der Waals surface area contributed by atoms with Crippen molar-refractivity contribution < 1.29 is 36.4 Å². The van der Waals surface area contributed by atoms with Crippen LogP contribution in [0.1, 0.15) is 0 Å². The van der Waals surface area contributed by atoms with E-state index in [1.165, 1.54) is 0 Å². The van der Waals surface area contributed by atoms with E-state index in [9.17, 15) is 0 Å². The van der Waals surface area contributed by atoms with E-state index in [-0.39, 0.29) is 60.2 Å². The van der Waals surface area contributed by atoms with E-state index < -0.39 is 0 Å². The van der Waals surface area contributed by atoms with Crippen LogP contribution in [-0.4, -0.2) is 10.2 Å². The molecule has 0 unspecified atom stereocenters. The van der Waals surface area contributed by atoms with E-state index in [4.69, 9.17) is 10.2 Å². The Balaban J connectivity index is -0.000000196. The zero-order chi connectivity index (χ0) is 10.2. The molecule has 0 amide bonds. The van der Waals surface area contributed by atoms with Crippen LogP contribution < -0.4 is 0 Å². The molecule has 0 saturated carbocycles. The fourth-order valence-corrected chi connectivity index (χ4v) is 0.856. The van der Waals surface area contributed by atoms with E-state index in [0.29, 0.717) is 11.5 Å². The number of hydrogen-bond acceptors (Lipinski definition) is 2. The first kappa shape index (κ1) is 22.1. The van der Waals surface area contributed by atoms with Crippen molar-refractivity contribution in [3.05, 3.63) is 60.7 Å².